The lowest BCUT2D eigenvalue weighted by Crippen LogP contribution is -2.12. The molecule has 0 aromatic heterocycles. The second-order valence-electron chi connectivity index (χ2n) is 3.83. The van der Waals surface area contributed by atoms with Gasteiger partial charge in [-0.15, -0.1) is 0 Å². The van der Waals surface area contributed by atoms with Gasteiger partial charge in [-0.3, -0.25) is 4.99 Å². The summed E-state index contributed by atoms with van der Waals surface area (Å²) in [4.78, 5) is 15.6. The molecule has 0 radical (unpaired) electrons. The molecule has 0 heterocycles. The summed E-state index contributed by atoms with van der Waals surface area (Å²) < 4.78 is 31.8. The van der Waals surface area contributed by atoms with E-state index in [9.17, 15) is 18.7 Å². The summed E-state index contributed by atoms with van der Waals surface area (Å²) >= 11 is 5.44. The minimum Gasteiger partial charge on any atom is -0.506 e. The third-order valence-electron chi connectivity index (χ3n) is 2.44. The maximum absolute atomic E-state index is 13.9. The molecule has 0 aliphatic heterocycles. The number of benzene rings is 1. The molecule has 0 aliphatic carbocycles. The van der Waals surface area contributed by atoms with E-state index < -0.39 is 33.9 Å². The van der Waals surface area contributed by atoms with Gasteiger partial charge in [0.05, 0.1) is 12.2 Å². The summed E-state index contributed by atoms with van der Waals surface area (Å²) in [6, 6.07) is 1.86. The Morgan fingerprint density at radius 3 is 2.67 bits per heavy atom. The number of hydrogen-bond acceptors (Lipinski definition) is 4. The van der Waals surface area contributed by atoms with Crippen LogP contribution in [0.15, 0.2) is 22.7 Å². The zero-order valence-electron chi connectivity index (χ0n) is 11.5. The summed E-state index contributed by atoms with van der Waals surface area (Å²) in [6.45, 7) is 3.72. The molecule has 0 bridgehead atoms. The third-order valence-corrected chi connectivity index (χ3v) is 2.79. The lowest BCUT2D eigenvalue weighted by molar-refractivity contribution is -0.137. The van der Waals surface area contributed by atoms with E-state index in [2.05, 4.69) is 4.99 Å². The Bertz CT molecular complexity index is 600. The molecule has 21 heavy (non-hydrogen) atoms. The first-order valence-electron chi connectivity index (χ1n) is 6.18. The molecule has 1 N–H and O–H groups in total. The molecular formula is C14H14ClF2NO3. The maximum atomic E-state index is 13.9. The van der Waals surface area contributed by atoms with Gasteiger partial charge in [0.1, 0.15) is 22.2 Å². The van der Waals surface area contributed by atoms with E-state index >= 15 is 0 Å². The smallest absolute Gasteiger partial charge is 0.343 e. The van der Waals surface area contributed by atoms with Crippen molar-refractivity contribution >= 4 is 29.5 Å². The molecule has 0 spiro atoms. The van der Waals surface area contributed by atoms with Crippen molar-refractivity contribution in [2.75, 3.05) is 13.2 Å². The van der Waals surface area contributed by atoms with E-state index in [1.165, 1.54) is 0 Å². The highest BCUT2D eigenvalue weighted by molar-refractivity contribution is 6.31. The van der Waals surface area contributed by atoms with Crippen molar-refractivity contribution in [3.8, 4) is 0 Å². The third kappa shape index (κ3) is 4.01. The zero-order valence-corrected chi connectivity index (χ0v) is 12.2. The van der Waals surface area contributed by atoms with Gasteiger partial charge in [0.25, 0.3) is 0 Å². The van der Waals surface area contributed by atoms with Crippen LogP contribution in [-0.4, -0.2) is 30.4 Å². The van der Waals surface area contributed by atoms with Crippen LogP contribution in [0, 0.1) is 11.6 Å². The van der Waals surface area contributed by atoms with Gasteiger partial charge in [-0.25, -0.2) is 13.6 Å². The van der Waals surface area contributed by atoms with Crippen molar-refractivity contribution < 1.29 is 23.4 Å². The van der Waals surface area contributed by atoms with Gasteiger partial charge in [-0.2, -0.15) is 0 Å². The van der Waals surface area contributed by atoms with Crippen LogP contribution in [0.5, 0.6) is 0 Å². The van der Waals surface area contributed by atoms with Gasteiger partial charge < -0.3 is 9.84 Å². The topological polar surface area (TPSA) is 58.9 Å². The molecule has 0 unspecified atom stereocenters. The number of halogens is 3. The van der Waals surface area contributed by atoms with E-state index in [1.54, 1.807) is 13.8 Å². The largest absolute Gasteiger partial charge is 0.506 e. The normalized spacial score (nSPS) is 12.4. The maximum Gasteiger partial charge on any atom is 0.343 e. The summed E-state index contributed by atoms with van der Waals surface area (Å²) in [5.41, 5.74) is -0.743. The Morgan fingerprint density at radius 2 is 2.10 bits per heavy atom. The highest BCUT2D eigenvalue weighted by Crippen LogP contribution is 2.27. The molecular weight excluding hydrogens is 304 g/mol. The predicted octanol–water partition coefficient (Wildman–Crippen LogP) is 3.54. The van der Waals surface area contributed by atoms with Crippen LogP contribution >= 0.6 is 11.6 Å². The van der Waals surface area contributed by atoms with Crippen molar-refractivity contribution in [3.63, 3.8) is 0 Å². The number of hydrogen-bond donors (Lipinski definition) is 1. The van der Waals surface area contributed by atoms with Crippen molar-refractivity contribution in [2.45, 2.75) is 13.8 Å². The number of aliphatic imine (C=N–C) groups is 1. The Hall–Kier alpha value is -1.95. The summed E-state index contributed by atoms with van der Waals surface area (Å²) in [6.07, 6.45) is 1.07. The molecule has 0 saturated heterocycles. The predicted molar refractivity (Wildman–Crippen MR) is 76.6 cm³/mol. The van der Waals surface area contributed by atoms with E-state index in [0.29, 0.717) is 6.54 Å². The van der Waals surface area contributed by atoms with Gasteiger partial charge in [0.15, 0.2) is 5.82 Å². The minimum absolute atomic E-state index is 0.0717. The molecule has 0 atom stereocenters. The molecule has 1 aromatic rings. The number of esters is 1. The number of aliphatic hydroxyl groups excluding tert-OH is 1. The quantitative estimate of drug-likeness (QED) is 0.297. The van der Waals surface area contributed by atoms with Crippen LogP contribution in [0.2, 0.25) is 5.02 Å². The summed E-state index contributed by atoms with van der Waals surface area (Å²) in [7, 11) is 0. The number of nitrogens with zero attached hydrogens (tertiary/aromatic N) is 1. The number of carbonyl (C=O) groups is 1. The molecule has 0 fully saturated rings. The summed E-state index contributed by atoms with van der Waals surface area (Å²) in [5.74, 6) is -3.72. The van der Waals surface area contributed by atoms with Crippen molar-refractivity contribution in [2.24, 2.45) is 4.99 Å². The van der Waals surface area contributed by atoms with Crippen molar-refractivity contribution in [3.05, 3.63) is 39.9 Å². The monoisotopic (exact) mass is 317 g/mol. The number of carbonyl (C=O) groups excluding carboxylic acids is 1. The van der Waals surface area contributed by atoms with E-state index in [4.69, 9.17) is 16.3 Å². The van der Waals surface area contributed by atoms with Crippen LogP contribution in [0.3, 0.4) is 0 Å². The number of ether oxygens (including phenoxy) is 1. The molecule has 114 valence electrons. The Morgan fingerprint density at radius 1 is 1.43 bits per heavy atom. The number of aliphatic hydroxyl groups is 1. The highest BCUT2D eigenvalue weighted by Gasteiger charge is 2.21. The first-order valence-corrected chi connectivity index (χ1v) is 6.55. The Kier molecular flexibility index (Phi) is 6.30. The summed E-state index contributed by atoms with van der Waals surface area (Å²) in [5, 5.41) is 9.30. The zero-order chi connectivity index (χ0) is 16.0. The van der Waals surface area contributed by atoms with E-state index in [0.717, 1.165) is 18.3 Å². The average Bonchev–Trinajstić information content (AvgIpc) is 2.45. The average molecular weight is 318 g/mol. The van der Waals surface area contributed by atoms with Crippen LogP contribution in [0.4, 0.5) is 8.78 Å². The molecule has 1 rings (SSSR count). The van der Waals surface area contributed by atoms with Gasteiger partial charge in [0, 0.05) is 12.8 Å². The van der Waals surface area contributed by atoms with Crippen LogP contribution in [0.1, 0.15) is 19.4 Å². The standard InChI is InChI=1S/C14H14ClF2NO3/c1-3-18-7-9(14(20)21-4-2)13(19)8-5-6-10(16)11(15)12(8)17/h5-7,19H,3-4H2,1-2H3/b13-9-,18-7?. The Balaban J connectivity index is 3.42. The van der Waals surface area contributed by atoms with Crippen LogP contribution < -0.4 is 0 Å². The SMILES string of the molecule is CCN=C/C(C(=O)OCC)=C(/O)c1ccc(F)c(Cl)c1F. The van der Waals surface area contributed by atoms with Crippen LogP contribution in [-0.2, 0) is 9.53 Å². The second-order valence-corrected chi connectivity index (χ2v) is 4.21. The molecule has 0 saturated carbocycles. The lowest BCUT2D eigenvalue weighted by Gasteiger charge is -2.08. The lowest BCUT2D eigenvalue weighted by atomic mass is 10.1. The second kappa shape index (κ2) is 7.73. The fourth-order valence-electron chi connectivity index (χ4n) is 1.46. The molecule has 1 aromatic carbocycles. The molecule has 0 aliphatic rings. The fraction of sp³-hybridized carbons (Fsp3) is 0.286. The van der Waals surface area contributed by atoms with Crippen molar-refractivity contribution in [1.29, 1.82) is 0 Å². The Labute approximate surface area is 125 Å². The highest BCUT2D eigenvalue weighted by atomic mass is 35.5. The van der Waals surface area contributed by atoms with Gasteiger partial charge in [-0.1, -0.05) is 11.6 Å². The van der Waals surface area contributed by atoms with Crippen LogP contribution in [0.25, 0.3) is 5.76 Å². The van der Waals surface area contributed by atoms with Crippen molar-refractivity contribution in [1.82, 2.24) is 0 Å². The van der Waals surface area contributed by atoms with E-state index in [-0.39, 0.29) is 12.2 Å². The van der Waals surface area contributed by atoms with Gasteiger partial charge >= 0.3 is 5.97 Å². The van der Waals surface area contributed by atoms with E-state index in [1.807, 2.05) is 0 Å². The molecule has 7 heteroatoms. The molecule has 0 amide bonds. The number of rotatable bonds is 5. The minimum atomic E-state index is -1.17. The molecule has 4 nitrogen and oxygen atoms in total. The first-order chi connectivity index (χ1) is 9.93. The van der Waals surface area contributed by atoms with Gasteiger partial charge in [-0.05, 0) is 26.0 Å². The van der Waals surface area contributed by atoms with Gasteiger partial charge in [0.2, 0.25) is 0 Å². The first kappa shape index (κ1) is 17.1. The fourth-order valence-corrected chi connectivity index (χ4v) is 1.62.